The second-order valence-electron chi connectivity index (χ2n) is 6.30. The number of non-ortho nitro benzene ring substituents is 1. The molecule has 3 aromatic carbocycles. The summed E-state index contributed by atoms with van der Waals surface area (Å²) in [5, 5.41) is 18.3. The highest BCUT2D eigenvalue weighted by Crippen LogP contribution is 2.28. The van der Waals surface area contributed by atoms with Crippen molar-refractivity contribution in [2.75, 3.05) is 12.4 Å². The number of thiocarbonyl (C=S) groups is 1. The maximum absolute atomic E-state index is 12.4. The fourth-order valence-electron chi connectivity index (χ4n) is 2.60. The van der Waals surface area contributed by atoms with Crippen molar-refractivity contribution in [3.05, 3.63) is 94.0 Å². The molecule has 0 radical (unpaired) electrons. The van der Waals surface area contributed by atoms with E-state index in [-0.39, 0.29) is 22.7 Å². The van der Waals surface area contributed by atoms with Crippen molar-refractivity contribution in [2.24, 2.45) is 5.10 Å². The highest BCUT2D eigenvalue weighted by Gasteiger charge is 2.16. The lowest BCUT2D eigenvalue weighted by molar-refractivity contribution is -0.384. The first kappa shape index (κ1) is 22.4. The third-order valence-electron chi connectivity index (χ3n) is 4.09. The second kappa shape index (κ2) is 10.6. The molecule has 32 heavy (non-hydrogen) atoms. The Kier molecular flexibility index (Phi) is 7.44. The van der Waals surface area contributed by atoms with E-state index in [9.17, 15) is 14.9 Å². The van der Waals surface area contributed by atoms with Crippen molar-refractivity contribution in [2.45, 2.75) is 0 Å². The van der Waals surface area contributed by atoms with E-state index in [1.54, 1.807) is 12.1 Å². The maximum Gasteiger partial charge on any atom is 0.343 e. The summed E-state index contributed by atoms with van der Waals surface area (Å²) in [6.45, 7) is 0. The third-order valence-corrected chi connectivity index (χ3v) is 4.29. The minimum absolute atomic E-state index is 0.0514. The number of nitro benzene ring substituents is 1. The highest BCUT2D eigenvalue weighted by atomic mass is 32.1. The number of nitrogens with one attached hydrogen (secondary N) is 2. The van der Waals surface area contributed by atoms with Gasteiger partial charge in [-0.25, -0.2) is 4.79 Å². The SMILES string of the molecule is COc1cc(/C=N/NC(=S)Nc2ccccc2)ccc1OC(=O)c1cccc([N+](=O)[O-])c1. The van der Waals surface area contributed by atoms with Gasteiger partial charge < -0.3 is 14.8 Å². The van der Waals surface area contributed by atoms with Crippen LogP contribution in [0.25, 0.3) is 0 Å². The molecule has 0 heterocycles. The van der Waals surface area contributed by atoms with Crippen LogP contribution >= 0.6 is 12.2 Å². The lowest BCUT2D eigenvalue weighted by Gasteiger charge is -2.10. The molecule has 10 heteroatoms. The summed E-state index contributed by atoms with van der Waals surface area (Å²) in [4.78, 5) is 22.7. The van der Waals surface area contributed by atoms with E-state index in [2.05, 4.69) is 15.8 Å². The number of carbonyl (C=O) groups excluding carboxylic acids is 1. The smallest absolute Gasteiger partial charge is 0.343 e. The molecule has 162 valence electrons. The van der Waals surface area contributed by atoms with E-state index in [0.29, 0.717) is 10.7 Å². The number of hydrogen-bond donors (Lipinski definition) is 2. The number of nitro groups is 1. The molecule has 0 atom stereocenters. The summed E-state index contributed by atoms with van der Waals surface area (Å²) in [5.41, 5.74) is 4.05. The first-order valence-corrected chi connectivity index (χ1v) is 9.67. The average Bonchev–Trinajstić information content (AvgIpc) is 2.80. The first-order valence-electron chi connectivity index (χ1n) is 9.26. The van der Waals surface area contributed by atoms with Crippen molar-refractivity contribution in [3.63, 3.8) is 0 Å². The maximum atomic E-state index is 12.4. The molecule has 0 saturated heterocycles. The zero-order chi connectivity index (χ0) is 22.9. The molecule has 0 aliphatic rings. The Bertz CT molecular complexity index is 1170. The van der Waals surface area contributed by atoms with Gasteiger partial charge in [-0.3, -0.25) is 15.5 Å². The summed E-state index contributed by atoms with van der Waals surface area (Å²) >= 11 is 5.18. The minimum atomic E-state index is -0.743. The van der Waals surface area contributed by atoms with Gasteiger partial charge in [-0.15, -0.1) is 0 Å². The minimum Gasteiger partial charge on any atom is -0.493 e. The fourth-order valence-corrected chi connectivity index (χ4v) is 2.77. The molecule has 0 aliphatic heterocycles. The van der Waals surface area contributed by atoms with Gasteiger partial charge in [0.25, 0.3) is 5.69 Å². The van der Waals surface area contributed by atoms with E-state index >= 15 is 0 Å². The summed E-state index contributed by atoms with van der Waals surface area (Å²) < 4.78 is 10.6. The van der Waals surface area contributed by atoms with E-state index in [1.165, 1.54) is 37.6 Å². The van der Waals surface area contributed by atoms with E-state index < -0.39 is 10.9 Å². The standard InChI is InChI=1S/C22H18N4O5S/c1-30-20-12-15(14-23-25-22(32)24-17-7-3-2-4-8-17)10-11-19(20)31-21(27)16-6-5-9-18(13-16)26(28)29/h2-14H,1H3,(H2,24,25,32)/b23-14+. The lowest BCUT2D eigenvalue weighted by Crippen LogP contribution is -2.23. The molecule has 0 saturated carbocycles. The van der Waals surface area contributed by atoms with Crippen molar-refractivity contribution in [1.29, 1.82) is 0 Å². The molecule has 0 aliphatic carbocycles. The number of hydrogen-bond acceptors (Lipinski definition) is 7. The van der Waals surface area contributed by atoms with Crippen LogP contribution in [-0.4, -0.2) is 29.3 Å². The predicted octanol–water partition coefficient (Wildman–Crippen LogP) is 4.14. The van der Waals surface area contributed by atoms with Gasteiger partial charge >= 0.3 is 5.97 Å². The van der Waals surface area contributed by atoms with Crippen LogP contribution in [0.1, 0.15) is 15.9 Å². The van der Waals surface area contributed by atoms with Gasteiger partial charge in [-0.05, 0) is 54.2 Å². The van der Waals surface area contributed by atoms with Crippen molar-refractivity contribution in [1.82, 2.24) is 5.43 Å². The number of ether oxygens (including phenoxy) is 2. The zero-order valence-corrected chi connectivity index (χ0v) is 17.7. The molecule has 0 amide bonds. The number of hydrazone groups is 1. The number of esters is 1. The van der Waals surface area contributed by atoms with Crippen LogP contribution in [0.3, 0.4) is 0 Å². The average molecular weight is 450 g/mol. The molecule has 0 unspecified atom stereocenters. The predicted molar refractivity (Wildman–Crippen MR) is 124 cm³/mol. The monoisotopic (exact) mass is 450 g/mol. The fraction of sp³-hybridized carbons (Fsp3) is 0.0455. The van der Waals surface area contributed by atoms with Crippen molar-refractivity contribution < 1.29 is 19.2 Å². The molecule has 3 aromatic rings. The number of rotatable bonds is 7. The molecule has 9 nitrogen and oxygen atoms in total. The van der Waals surface area contributed by atoms with Crippen LogP contribution < -0.4 is 20.2 Å². The van der Waals surface area contributed by atoms with Crippen molar-refractivity contribution >= 4 is 40.9 Å². The van der Waals surface area contributed by atoms with Crippen LogP contribution in [0.5, 0.6) is 11.5 Å². The zero-order valence-electron chi connectivity index (χ0n) is 16.8. The van der Waals surface area contributed by atoms with Gasteiger partial charge in [-0.1, -0.05) is 24.3 Å². The molecule has 0 spiro atoms. The molecular formula is C22H18N4O5S. The Morgan fingerprint density at radius 1 is 1.06 bits per heavy atom. The van der Waals surface area contributed by atoms with E-state index in [1.807, 2.05) is 30.3 Å². The third kappa shape index (κ3) is 6.09. The Balaban J connectivity index is 1.64. The van der Waals surface area contributed by atoms with Gasteiger partial charge in [0, 0.05) is 17.8 Å². The quantitative estimate of drug-likeness (QED) is 0.138. The summed E-state index contributed by atoms with van der Waals surface area (Å²) in [7, 11) is 1.43. The molecule has 0 aromatic heterocycles. The summed E-state index contributed by atoms with van der Waals surface area (Å²) in [6.07, 6.45) is 1.52. The first-order chi connectivity index (χ1) is 15.5. The van der Waals surface area contributed by atoms with E-state index in [4.69, 9.17) is 21.7 Å². The summed E-state index contributed by atoms with van der Waals surface area (Å²) in [5.74, 6) is -0.291. The van der Waals surface area contributed by atoms with Gasteiger partial charge in [0.15, 0.2) is 16.6 Å². The van der Waals surface area contributed by atoms with Crippen molar-refractivity contribution in [3.8, 4) is 11.5 Å². The Labute approximate surface area is 188 Å². The van der Waals surface area contributed by atoms with Crippen LogP contribution in [-0.2, 0) is 0 Å². The topological polar surface area (TPSA) is 115 Å². The molecule has 0 bridgehead atoms. The Hall–Kier alpha value is -4.31. The molecule has 3 rings (SSSR count). The summed E-state index contributed by atoms with van der Waals surface area (Å²) in [6, 6.07) is 19.5. The largest absolute Gasteiger partial charge is 0.493 e. The van der Waals surface area contributed by atoms with Crippen LogP contribution in [0, 0.1) is 10.1 Å². The number of carbonyl (C=O) groups is 1. The Morgan fingerprint density at radius 2 is 1.84 bits per heavy atom. The molecular weight excluding hydrogens is 432 g/mol. The van der Waals surface area contributed by atoms with Crippen LogP contribution in [0.2, 0.25) is 0 Å². The van der Waals surface area contributed by atoms with Gasteiger partial charge in [0.1, 0.15) is 0 Å². The molecule has 0 fully saturated rings. The Morgan fingerprint density at radius 3 is 2.56 bits per heavy atom. The van der Waals surface area contributed by atoms with E-state index in [0.717, 1.165) is 11.8 Å². The molecule has 2 N–H and O–H groups in total. The lowest BCUT2D eigenvalue weighted by atomic mass is 10.2. The van der Waals surface area contributed by atoms with Gasteiger partial charge in [0.05, 0.1) is 23.8 Å². The number of benzene rings is 3. The van der Waals surface area contributed by atoms with Gasteiger partial charge in [-0.2, -0.15) is 5.10 Å². The second-order valence-corrected chi connectivity index (χ2v) is 6.71. The van der Waals surface area contributed by atoms with Crippen LogP contribution in [0.4, 0.5) is 11.4 Å². The van der Waals surface area contributed by atoms with Gasteiger partial charge in [0.2, 0.25) is 0 Å². The number of para-hydroxylation sites is 1. The number of anilines is 1. The number of methoxy groups -OCH3 is 1. The highest BCUT2D eigenvalue weighted by molar-refractivity contribution is 7.80. The van der Waals surface area contributed by atoms with Crippen LogP contribution in [0.15, 0.2) is 77.9 Å². The normalized spacial score (nSPS) is 10.4. The number of nitrogens with zero attached hydrogens (tertiary/aromatic N) is 2.